The summed E-state index contributed by atoms with van der Waals surface area (Å²) in [6.45, 7) is 2.79. The summed E-state index contributed by atoms with van der Waals surface area (Å²) < 4.78 is 27.4. The van der Waals surface area contributed by atoms with E-state index in [4.69, 9.17) is 17.3 Å². The molecule has 4 nitrogen and oxygen atoms in total. The maximum absolute atomic E-state index is 12.4. The normalized spacial score (nSPS) is 23.1. The molecule has 1 atom stereocenters. The van der Waals surface area contributed by atoms with Crippen LogP contribution in [-0.2, 0) is 16.6 Å². The van der Waals surface area contributed by atoms with Crippen LogP contribution in [0.25, 0.3) is 0 Å². The zero-order chi connectivity index (χ0) is 14.8. The van der Waals surface area contributed by atoms with Gasteiger partial charge in [-0.3, -0.25) is 0 Å². The van der Waals surface area contributed by atoms with E-state index in [1.165, 1.54) is 6.07 Å². The Morgan fingerprint density at radius 2 is 2.25 bits per heavy atom. The molecule has 2 rings (SSSR count). The van der Waals surface area contributed by atoms with Crippen molar-refractivity contribution in [1.82, 2.24) is 4.72 Å². The van der Waals surface area contributed by atoms with Gasteiger partial charge in [-0.1, -0.05) is 17.7 Å². The lowest BCUT2D eigenvalue weighted by Crippen LogP contribution is -2.36. The molecule has 20 heavy (non-hydrogen) atoms. The first-order valence-electron chi connectivity index (χ1n) is 6.48. The van der Waals surface area contributed by atoms with Crippen LogP contribution in [0.3, 0.4) is 0 Å². The van der Waals surface area contributed by atoms with Crippen LogP contribution in [0.4, 0.5) is 0 Å². The van der Waals surface area contributed by atoms with E-state index in [-0.39, 0.29) is 21.2 Å². The highest BCUT2D eigenvalue weighted by Crippen LogP contribution is 2.37. The minimum atomic E-state index is -3.60. The lowest BCUT2D eigenvalue weighted by molar-refractivity contribution is 0.552. The van der Waals surface area contributed by atoms with Crippen molar-refractivity contribution in [2.75, 3.05) is 12.3 Å². The van der Waals surface area contributed by atoms with Gasteiger partial charge in [0.05, 0.1) is 5.02 Å². The average molecular weight is 335 g/mol. The van der Waals surface area contributed by atoms with E-state index in [2.05, 4.69) is 11.6 Å². The maximum Gasteiger partial charge on any atom is 0.242 e. The van der Waals surface area contributed by atoms with Crippen molar-refractivity contribution in [3.05, 3.63) is 28.8 Å². The number of nitrogens with two attached hydrogens (primary N) is 1. The molecular weight excluding hydrogens is 316 g/mol. The molecule has 0 aromatic heterocycles. The molecule has 1 fully saturated rings. The van der Waals surface area contributed by atoms with Gasteiger partial charge in [-0.25, -0.2) is 13.1 Å². The third-order valence-electron chi connectivity index (χ3n) is 3.46. The Morgan fingerprint density at radius 1 is 1.50 bits per heavy atom. The first kappa shape index (κ1) is 16.1. The molecule has 1 heterocycles. The number of hydrogen-bond acceptors (Lipinski definition) is 4. The van der Waals surface area contributed by atoms with Gasteiger partial charge >= 0.3 is 0 Å². The Bertz CT molecular complexity index is 584. The number of thioether (sulfide) groups is 1. The number of hydrogen-bond donors (Lipinski definition) is 2. The van der Waals surface area contributed by atoms with E-state index >= 15 is 0 Å². The highest BCUT2D eigenvalue weighted by molar-refractivity contribution is 8.01. The van der Waals surface area contributed by atoms with E-state index in [1.54, 1.807) is 12.1 Å². The summed E-state index contributed by atoms with van der Waals surface area (Å²) >= 11 is 7.82. The van der Waals surface area contributed by atoms with Crippen LogP contribution < -0.4 is 10.5 Å². The van der Waals surface area contributed by atoms with Gasteiger partial charge < -0.3 is 5.73 Å². The predicted octanol–water partition coefficient (Wildman–Crippen LogP) is 2.36. The topological polar surface area (TPSA) is 72.2 Å². The van der Waals surface area contributed by atoms with Crippen LogP contribution >= 0.6 is 23.4 Å². The lowest BCUT2D eigenvalue weighted by Gasteiger charge is -2.23. The molecule has 7 heteroatoms. The molecule has 1 aliphatic heterocycles. The smallest absolute Gasteiger partial charge is 0.242 e. The summed E-state index contributed by atoms with van der Waals surface area (Å²) in [6.07, 6.45) is 2.16. The summed E-state index contributed by atoms with van der Waals surface area (Å²) in [6, 6.07) is 4.84. The Hall–Kier alpha value is -0.270. The van der Waals surface area contributed by atoms with Crippen molar-refractivity contribution in [2.45, 2.75) is 36.0 Å². The number of halogens is 1. The highest BCUT2D eigenvalue weighted by Gasteiger charge is 2.31. The fraction of sp³-hybridized carbons (Fsp3) is 0.538. The summed E-state index contributed by atoms with van der Waals surface area (Å²) in [4.78, 5) is 0.105. The molecule has 1 aromatic carbocycles. The Balaban J connectivity index is 2.17. The second-order valence-corrected chi connectivity index (χ2v) is 9.02. The van der Waals surface area contributed by atoms with E-state index < -0.39 is 10.0 Å². The number of sulfonamides is 1. The Kier molecular flexibility index (Phi) is 5.02. The SMILES string of the molecule is CC1(CNS(=O)(=O)c2cc(CN)ccc2Cl)CCCS1. The largest absolute Gasteiger partial charge is 0.326 e. The van der Waals surface area contributed by atoms with E-state index in [1.807, 2.05) is 11.8 Å². The van der Waals surface area contributed by atoms with Crippen molar-refractivity contribution < 1.29 is 8.42 Å². The van der Waals surface area contributed by atoms with E-state index in [0.29, 0.717) is 6.54 Å². The average Bonchev–Trinajstić information content (AvgIpc) is 2.85. The number of benzene rings is 1. The molecule has 0 amide bonds. The van der Waals surface area contributed by atoms with E-state index in [9.17, 15) is 8.42 Å². The van der Waals surface area contributed by atoms with Gasteiger partial charge in [0, 0.05) is 17.8 Å². The molecular formula is C13H19ClN2O2S2. The van der Waals surface area contributed by atoms with Crippen molar-refractivity contribution in [3.63, 3.8) is 0 Å². The van der Waals surface area contributed by atoms with Crippen molar-refractivity contribution in [2.24, 2.45) is 5.73 Å². The highest BCUT2D eigenvalue weighted by atomic mass is 35.5. The zero-order valence-electron chi connectivity index (χ0n) is 11.4. The second kappa shape index (κ2) is 6.23. The molecule has 112 valence electrons. The third-order valence-corrected chi connectivity index (χ3v) is 6.88. The summed E-state index contributed by atoms with van der Waals surface area (Å²) in [5.74, 6) is 1.08. The predicted molar refractivity (Wildman–Crippen MR) is 84.6 cm³/mol. The fourth-order valence-corrected chi connectivity index (χ4v) is 5.24. The summed E-state index contributed by atoms with van der Waals surface area (Å²) in [5.41, 5.74) is 6.29. The van der Waals surface area contributed by atoms with Gasteiger partial charge in [-0.2, -0.15) is 11.8 Å². The van der Waals surface area contributed by atoms with Gasteiger partial charge in [0.2, 0.25) is 10.0 Å². The Morgan fingerprint density at radius 3 is 2.85 bits per heavy atom. The van der Waals surface area contributed by atoms with Crippen LogP contribution in [0.15, 0.2) is 23.1 Å². The molecule has 3 N–H and O–H groups in total. The molecule has 0 bridgehead atoms. The van der Waals surface area contributed by atoms with Crippen LogP contribution in [0.5, 0.6) is 0 Å². The molecule has 1 aliphatic rings. The maximum atomic E-state index is 12.4. The first-order valence-corrected chi connectivity index (χ1v) is 9.33. The molecule has 0 spiro atoms. The van der Waals surface area contributed by atoms with Gasteiger partial charge in [0.15, 0.2) is 0 Å². The van der Waals surface area contributed by atoms with Gasteiger partial charge in [0.25, 0.3) is 0 Å². The third kappa shape index (κ3) is 3.68. The van der Waals surface area contributed by atoms with Gasteiger partial charge in [-0.05, 0) is 43.2 Å². The minimum Gasteiger partial charge on any atom is -0.326 e. The van der Waals surface area contributed by atoms with Crippen LogP contribution in [0.2, 0.25) is 5.02 Å². The molecule has 1 aromatic rings. The molecule has 0 radical (unpaired) electrons. The lowest BCUT2D eigenvalue weighted by atomic mass is 10.1. The van der Waals surface area contributed by atoms with Gasteiger partial charge in [-0.15, -0.1) is 0 Å². The monoisotopic (exact) mass is 334 g/mol. The van der Waals surface area contributed by atoms with Crippen LogP contribution in [0.1, 0.15) is 25.3 Å². The zero-order valence-corrected chi connectivity index (χ0v) is 13.7. The van der Waals surface area contributed by atoms with Crippen molar-refractivity contribution in [1.29, 1.82) is 0 Å². The van der Waals surface area contributed by atoms with Crippen LogP contribution in [-0.4, -0.2) is 25.5 Å². The van der Waals surface area contributed by atoms with Gasteiger partial charge in [0.1, 0.15) is 4.90 Å². The first-order chi connectivity index (χ1) is 9.36. The molecule has 0 aliphatic carbocycles. The Labute approximate surface area is 129 Å². The number of nitrogens with one attached hydrogen (secondary N) is 1. The van der Waals surface area contributed by atoms with E-state index in [0.717, 1.165) is 24.2 Å². The minimum absolute atomic E-state index is 0.0228. The molecule has 1 saturated heterocycles. The fourth-order valence-electron chi connectivity index (χ4n) is 2.18. The van der Waals surface area contributed by atoms with Crippen molar-refractivity contribution in [3.8, 4) is 0 Å². The van der Waals surface area contributed by atoms with Crippen LogP contribution in [0, 0.1) is 0 Å². The summed E-state index contributed by atoms with van der Waals surface area (Å²) in [5, 5.41) is 0.221. The molecule has 1 unspecified atom stereocenters. The number of rotatable bonds is 5. The van der Waals surface area contributed by atoms with Crippen molar-refractivity contribution >= 4 is 33.4 Å². The standard InChI is InChI=1S/C13H19ClN2O2S2/c1-13(5-2-6-19-13)9-16-20(17,18)12-7-10(8-15)3-4-11(12)14/h3-4,7,16H,2,5-6,8-9,15H2,1H3. The second-order valence-electron chi connectivity index (χ2n) is 5.20. The summed E-state index contributed by atoms with van der Waals surface area (Å²) in [7, 11) is -3.60. The molecule has 0 saturated carbocycles. The quantitative estimate of drug-likeness (QED) is 0.867.